The van der Waals surface area contributed by atoms with E-state index in [1.807, 2.05) is 0 Å². The first-order valence-electron chi connectivity index (χ1n) is 8.14. The number of carbonyl (C=O) groups excluding carboxylic acids is 3. The van der Waals surface area contributed by atoms with Crippen LogP contribution in [0.2, 0.25) is 0 Å². The summed E-state index contributed by atoms with van der Waals surface area (Å²) in [6.45, 7) is 11.8. The van der Waals surface area contributed by atoms with Gasteiger partial charge in [0.25, 0.3) is 0 Å². The molecule has 2 bridgehead atoms. The lowest BCUT2D eigenvalue weighted by atomic mass is 9.80. The Balaban J connectivity index is 2.14. The first-order valence-corrected chi connectivity index (χ1v) is 8.14. The van der Waals surface area contributed by atoms with Crippen molar-refractivity contribution in [1.29, 1.82) is 0 Å². The fraction of sp³-hybridized carbons (Fsp3) is 0.421. The van der Waals surface area contributed by atoms with Crippen molar-refractivity contribution in [2.45, 2.75) is 44.7 Å². The molecule has 5 atom stereocenters. The van der Waals surface area contributed by atoms with E-state index in [4.69, 9.17) is 14.2 Å². The number of ether oxygens (including phenoxy) is 3. The van der Waals surface area contributed by atoms with Gasteiger partial charge in [-0.25, -0.2) is 9.59 Å². The Morgan fingerprint density at radius 3 is 2.65 bits per heavy atom. The van der Waals surface area contributed by atoms with Crippen molar-refractivity contribution < 1.29 is 33.7 Å². The molecule has 0 spiro atoms. The summed E-state index contributed by atoms with van der Waals surface area (Å²) < 4.78 is 16.5. The van der Waals surface area contributed by atoms with Crippen LogP contribution in [0.3, 0.4) is 0 Å². The SMILES string of the molecule is C=C(C)C(=O)O[C@H]1[C@H]2C(=C)C(=O)O[C@H]2/C=C(/C)C2=CC(=O)[C@](C)(O2)[C@H]1O. The van der Waals surface area contributed by atoms with E-state index in [0.717, 1.165) is 0 Å². The minimum absolute atomic E-state index is 0.0559. The number of carbonyl (C=O) groups is 3. The first-order chi connectivity index (χ1) is 12.1. The van der Waals surface area contributed by atoms with E-state index in [-0.39, 0.29) is 16.9 Å². The summed E-state index contributed by atoms with van der Waals surface area (Å²) in [6.07, 6.45) is -0.767. The number of fused-ring (bicyclic) bond motifs is 3. The Bertz CT molecular complexity index is 803. The Kier molecular flexibility index (Phi) is 4.15. The first kappa shape index (κ1) is 18.1. The maximum absolute atomic E-state index is 12.5. The third-order valence-corrected chi connectivity index (χ3v) is 4.96. The van der Waals surface area contributed by atoms with Crippen LogP contribution in [0.25, 0.3) is 0 Å². The number of hydrogen-bond acceptors (Lipinski definition) is 7. The van der Waals surface area contributed by atoms with Crippen LogP contribution in [0.15, 0.2) is 47.8 Å². The molecule has 1 N–H and O–H groups in total. The van der Waals surface area contributed by atoms with Gasteiger partial charge < -0.3 is 19.3 Å². The van der Waals surface area contributed by atoms with E-state index in [1.54, 1.807) is 13.0 Å². The summed E-state index contributed by atoms with van der Waals surface area (Å²) in [5, 5.41) is 11.0. The van der Waals surface area contributed by atoms with E-state index in [2.05, 4.69) is 13.2 Å². The third kappa shape index (κ3) is 2.59. The maximum Gasteiger partial charge on any atom is 0.334 e. The molecule has 26 heavy (non-hydrogen) atoms. The minimum atomic E-state index is -1.66. The van der Waals surface area contributed by atoms with Gasteiger partial charge in [-0.3, -0.25) is 4.79 Å². The van der Waals surface area contributed by atoms with Gasteiger partial charge in [0.2, 0.25) is 5.78 Å². The molecular weight excluding hydrogens is 340 g/mol. The lowest BCUT2D eigenvalue weighted by molar-refractivity contribution is -0.175. The molecule has 3 aliphatic rings. The van der Waals surface area contributed by atoms with Crippen molar-refractivity contribution in [1.82, 2.24) is 0 Å². The zero-order chi connectivity index (χ0) is 19.4. The van der Waals surface area contributed by atoms with E-state index >= 15 is 0 Å². The van der Waals surface area contributed by atoms with E-state index in [1.165, 1.54) is 19.9 Å². The van der Waals surface area contributed by atoms with Crippen LogP contribution in [0.5, 0.6) is 0 Å². The predicted molar refractivity (Wildman–Crippen MR) is 89.5 cm³/mol. The van der Waals surface area contributed by atoms with E-state index in [0.29, 0.717) is 5.57 Å². The molecule has 0 unspecified atom stereocenters. The highest BCUT2D eigenvalue weighted by Crippen LogP contribution is 2.42. The highest BCUT2D eigenvalue weighted by molar-refractivity contribution is 6.00. The molecule has 3 heterocycles. The van der Waals surface area contributed by atoms with Crippen molar-refractivity contribution in [3.8, 4) is 0 Å². The van der Waals surface area contributed by atoms with Gasteiger partial charge in [0.1, 0.15) is 24.1 Å². The molecule has 0 radical (unpaired) electrons. The smallest absolute Gasteiger partial charge is 0.334 e. The second-order valence-electron chi connectivity index (χ2n) is 6.95. The summed E-state index contributed by atoms with van der Waals surface area (Å²) in [5.41, 5.74) is -0.927. The zero-order valence-corrected chi connectivity index (χ0v) is 14.8. The van der Waals surface area contributed by atoms with Crippen molar-refractivity contribution in [3.05, 3.63) is 47.8 Å². The second-order valence-corrected chi connectivity index (χ2v) is 6.95. The molecule has 3 rings (SSSR count). The third-order valence-electron chi connectivity index (χ3n) is 4.96. The zero-order valence-electron chi connectivity index (χ0n) is 14.8. The molecule has 3 aliphatic heterocycles. The standard InChI is InChI=1S/C19H20O7/c1-8(2)17(22)25-15-14-10(4)18(23)24-12(14)6-9(3)11-7-13(20)19(5,26-11)16(15)21/h6-7,12,14-16,21H,1,4H2,2-3,5H3/b9-6-/t12-,14-,15-,16-,19-/m0/s1. The molecule has 7 nitrogen and oxygen atoms in total. The molecule has 0 aromatic carbocycles. The van der Waals surface area contributed by atoms with Crippen molar-refractivity contribution in [3.63, 3.8) is 0 Å². The van der Waals surface area contributed by atoms with Gasteiger partial charge in [-0.05, 0) is 32.4 Å². The van der Waals surface area contributed by atoms with Gasteiger partial charge in [0, 0.05) is 17.2 Å². The number of aliphatic hydroxyl groups excluding tert-OH is 1. The summed E-state index contributed by atoms with van der Waals surface area (Å²) in [7, 11) is 0. The van der Waals surface area contributed by atoms with Crippen LogP contribution in [0.4, 0.5) is 0 Å². The summed E-state index contributed by atoms with van der Waals surface area (Å²) in [6, 6.07) is 0. The van der Waals surface area contributed by atoms with Gasteiger partial charge in [-0.2, -0.15) is 0 Å². The summed E-state index contributed by atoms with van der Waals surface area (Å²) in [5.74, 6) is -2.45. The molecule has 138 valence electrons. The molecule has 1 fully saturated rings. The number of ketones is 1. The lowest BCUT2D eigenvalue weighted by Gasteiger charge is -2.36. The van der Waals surface area contributed by atoms with Crippen LogP contribution < -0.4 is 0 Å². The molecule has 1 saturated heterocycles. The average Bonchev–Trinajstić information content (AvgIpc) is 3.02. The Morgan fingerprint density at radius 2 is 2.04 bits per heavy atom. The van der Waals surface area contributed by atoms with Gasteiger partial charge in [0.15, 0.2) is 5.60 Å². The maximum atomic E-state index is 12.5. The van der Waals surface area contributed by atoms with Gasteiger partial charge in [-0.15, -0.1) is 0 Å². The van der Waals surface area contributed by atoms with Crippen LogP contribution in [0, 0.1) is 5.92 Å². The van der Waals surface area contributed by atoms with E-state index < -0.39 is 47.6 Å². The monoisotopic (exact) mass is 360 g/mol. The summed E-state index contributed by atoms with van der Waals surface area (Å²) in [4.78, 5) is 36.7. The van der Waals surface area contributed by atoms with Gasteiger partial charge in [-0.1, -0.05) is 13.2 Å². The molecule has 0 aromatic heterocycles. The predicted octanol–water partition coefficient (Wildman–Crippen LogP) is 1.13. The van der Waals surface area contributed by atoms with Crippen LogP contribution in [0.1, 0.15) is 20.8 Å². The minimum Gasteiger partial charge on any atom is -0.476 e. The Morgan fingerprint density at radius 1 is 1.38 bits per heavy atom. The summed E-state index contributed by atoms with van der Waals surface area (Å²) >= 11 is 0. The van der Waals surface area contributed by atoms with Crippen LogP contribution >= 0.6 is 0 Å². The van der Waals surface area contributed by atoms with E-state index in [9.17, 15) is 19.5 Å². The Hall–Kier alpha value is -2.67. The topological polar surface area (TPSA) is 99.1 Å². The van der Waals surface area contributed by atoms with Crippen LogP contribution in [-0.4, -0.2) is 46.7 Å². The highest BCUT2D eigenvalue weighted by Gasteiger charge is 2.57. The number of hydrogen-bond donors (Lipinski definition) is 1. The normalized spacial score (nSPS) is 37.9. The second kappa shape index (κ2) is 5.95. The number of aliphatic hydroxyl groups is 1. The quantitative estimate of drug-likeness (QED) is 0.582. The average molecular weight is 360 g/mol. The van der Waals surface area contributed by atoms with Crippen molar-refractivity contribution in [2.24, 2.45) is 5.92 Å². The Labute approximate surface area is 150 Å². The fourth-order valence-corrected chi connectivity index (χ4v) is 3.30. The van der Waals surface area contributed by atoms with Gasteiger partial charge in [0.05, 0.1) is 5.92 Å². The number of rotatable bonds is 2. The van der Waals surface area contributed by atoms with Crippen molar-refractivity contribution >= 4 is 17.7 Å². The molecule has 0 aromatic rings. The number of allylic oxidation sites excluding steroid dienone is 1. The molecule has 0 aliphatic carbocycles. The van der Waals surface area contributed by atoms with Crippen LogP contribution in [-0.2, 0) is 28.6 Å². The lowest BCUT2D eigenvalue weighted by Crippen LogP contribution is -2.55. The number of esters is 2. The molecular formula is C19H20O7. The van der Waals surface area contributed by atoms with Crippen molar-refractivity contribution in [2.75, 3.05) is 0 Å². The van der Waals surface area contributed by atoms with Gasteiger partial charge >= 0.3 is 11.9 Å². The molecule has 0 amide bonds. The largest absolute Gasteiger partial charge is 0.476 e. The molecule has 0 saturated carbocycles. The fourth-order valence-electron chi connectivity index (χ4n) is 3.30. The highest BCUT2D eigenvalue weighted by atomic mass is 16.6. The molecule has 7 heteroatoms.